The minimum Gasteiger partial charge on any atom is -0.277 e. The Morgan fingerprint density at radius 2 is 2.00 bits per heavy atom. The zero-order chi connectivity index (χ0) is 16.9. The van der Waals surface area contributed by atoms with E-state index in [9.17, 15) is 0 Å². The molecule has 4 rings (SSSR count). The zero-order valence-corrected chi connectivity index (χ0v) is 15.2. The molecule has 1 aliphatic rings. The zero-order valence-electron chi connectivity index (χ0n) is 14.3. The SMILES string of the molecule is Cn1cc(-c2cn(S)c3ncc(C4=CCC(C)(C)CC4)cc23)cn1. The standard InChI is InChI=1S/C19H22N4S/c1-19(2)6-4-13(5-7-19)14-8-16-17(15-10-21-22(3)11-15)12-23(24)18(16)20-9-14/h4,8-12,24H,5-7H2,1-3H3. The Kier molecular flexibility index (Phi) is 3.57. The van der Waals surface area contributed by atoms with Crippen molar-refractivity contribution in [3.05, 3.63) is 42.5 Å². The lowest BCUT2D eigenvalue weighted by Gasteiger charge is -2.28. The second-order valence-corrected chi connectivity index (χ2v) is 7.91. The van der Waals surface area contributed by atoms with E-state index in [1.54, 1.807) is 3.97 Å². The van der Waals surface area contributed by atoms with Crippen molar-refractivity contribution >= 4 is 29.4 Å². The van der Waals surface area contributed by atoms with Crippen LogP contribution in [0.2, 0.25) is 0 Å². The van der Waals surface area contributed by atoms with Crippen molar-refractivity contribution in [1.82, 2.24) is 18.7 Å². The first-order chi connectivity index (χ1) is 11.4. The number of nitrogens with zero attached hydrogens (tertiary/aromatic N) is 4. The van der Waals surface area contributed by atoms with Gasteiger partial charge in [0.1, 0.15) is 5.65 Å². The highest BCUT2D eigenvalue weighted by molar-refractivity contribution is 7.78. The van der Waals surface area contributed by atoms with Crippen molar-refractivity contribution in [2.24, 2.45) is 12.5 Å². The molecular formula is C19H22N4S. The highest BCUT2D eigenvalue weighted by Crippen LogP contribution is 2.39. The number of aryl methyl sites for hydroxylation is 1. The average Bonchev–Trinajstić information content (AvgIpc) is 3.11. The number of thiol groups is 1. The fourth-order valence-corrected chi connectivity index (χ4v) is 3.67. The predicted octanol–water partition coefficient (Wildman–Crippen LogP) is 4.72. The summed E-state index contributed by atoms with van der Waals surface area (Å²) in [5, 5.41) is 5.41. The van der Waals surface area contributed by atoms with Crippen LogP contribution in [-0.2, 0) is 7.05 Å². The molecule has 24 heavy (non-hydrogen) atoms. The second-order valence-electron chi connectivity index (χ2n) is 7.48. The number of fused-ring (bicyclic) bond motifs is 1. The lowest BCUT2D eigenvalue weighted by molar-refractivity contribution is 0.335. The summed E-state index contributed by atoms with van der Waals surface area (Å²) in [7, 11) is 1.93. The van der Waals surface area contributed by atoms with Crippen LogP contribution in [0.1, 0.15) is 38.7 Å². The van der Waals surface area contributed by atoms with Gasteiger partial charge in [-0.1, -0.05) is 32.7 Å². The van der Waals surface area contributed by atoms with Crippen molar-refractivity contribution < 1.29 is 0 Å². The summed E-state index contributed by atoms with van der Waals surface area (Å²) in [5.41, 5.74) is 6.15. The molecule has 0 fully saturated rings. The van der Waals surface area contributed by atoms with Crippen LogP contribution in [0.25, 0.3) is 27.7 Å². The topological polar surface area (TPSA) is 35.6 Å². The van der Waals surface area contributed by atoms with Crippen LogP contribution >= 0.6 is 12.8 Å². The van der Waals surface area contributed by atoms with Gasteiger partial charge in [-0.3, -0.25) is 8.65 Å². The summed E-state index contributed by atoms with van der Waals surface area (Å²) < 4.78 is 3.61. The minimum atomic E-state index is 0.413. The highest BCUT2D eigenvalue weighted by atomic mass is 32.1. The number of allylic oxidation sites excluding steroid dienone is 2. The molecule has 5 heteroatoms. The lowest BCUT2D eigenvalue weighted by atomic mass is 9.77. The summed E-state index contributed by atoms with van der Waals surface area (Å²) in [4.78, 5) is 4.66. The van der Waals surface area contributed by atoms with Gasteiger partial charge in [0, 0.05) is 42.2 Å². The number of rotatable bonds is 2. The summed E-state index contributed by atoms with van der Waals surface area (Å²) in [6.07, 6.45) is 13.8. The third-order valence-electron chi connectivity index (χ3n) is 4.98. The molecule has 1 aliphatic carbocycles. The molecule has 124 valence electrons. The molecule has 0 saturated carbocycles. The molecule has 4 nitrogen and oxygen atoms in total. The van der Waals surface area contributed by atoms with E-state index in [-0.39, 0.29) is 0 Å². The van der Waals surface area contributed by atoms with Crippen LogP contribution in [0.3, 0.4) is 0 Å². The molecule has 0 bridgehead atoms. The van der Waals surface area contributed by atoms with E-state index in [4.69, 9.17) is 0 Å². The van der Waals surface area contributed by atoms with Crippen molar-refractivity contribution in [2.45, 2.75) is 33.1 Å². The fraction of sp³-hybridized carbons (Fsp3) is 0.368. The van der Waals surface area contributed by atoms with Crippen molar-refractivity contribution in [1.29, 1.82) is 0 Å². The van der Waals surface area contributed by atoms with Crippen molar-refractivity contribution in [3.63, 3.8) is 0 Å². The molecule has 3 aromatic heterocycles. The number of hydrogen-bond acceptors (Lipinski definition) is 3. The Labute approximate surface area is 147 Å². The monoisotopic (exact) mass is 338 g/mol. The van der Waals surface area contributed by atoms with Gasteiger partial charge in [-0.15, -0.1) is 0 Å². The van der Waals surface area contributed by atoms with Gasteiger partial charge in [0.05, 0.1) is 6.20 Å². The highest BCUT2D eigenvalue weighted by Gasteiger charge is 2.22. The quantitative estimate of drug-likeness (QED) is 0.686. The summed E-state index contributed by atoms with van der Waals surface area (Å²) in [6.45, 7) is 4.67. The smallest absolute Gasteiger partial charge is 0.150 e. The summed E-state index contributed by atoms with van der Waals surface area (Å²) in [5.74, 6) is 0. The third kappa shape index (κ3) is 2.67. The molecule has 0 amide bonds. The number of pyridine rings is 1. The van der Waals surface area contributed by atoms with E-state index in [0.717, 1.165) is 35.0 Å². The van der Waals surface area contributed by atoms with Crippen LogP contribution in [0.4, 0.5) is 0 Å². The molecule has 0 saturated heterocycles. The molecule has 3 aromatic rings. The average molecular weight is 338 g/mol. The van der Waals surface area contributed by atoms with Gasteiger partial charge in [0.2, 0.25) is 0 Å². The van der Waals surface area contributed by atoms with E-state index in [2.05, 4.69) is 48.9 Å². The van der Waals surface area contributed by atoms with E-state index in [1.165, 1.54) is 17.6 Å². The van der Waals surface area contributed by atoms with E-state index in [0.29, 0.717) is 5.41 Å². The molecule has 0 spiro atoms. The first kappa shape index (κ1) is 15.5. The van der Waals surface area contributed by atoms with Gasteiger partial charge in [-0.05, 0) is 41.9 Å². The molecule has 0 atom stereocenters. The minimum absolute atomic E-state index is 0.413. The van der Waals surface area contributed by atoms with E-state index >= 15 is 0 Å². The van der Waals surface area contributed by atoms with Gasteiger partial charge in [0.25, 0.3) is 0 Å². The van der Waals surface area contributed by atoms with Gasteiger partial charge in [0.15, 0.2) is 0 Å². The van der Waals surface area contributed by atoms with Crippen LogP contribution < -0.4 is 0 Å². The summed E-state index contributed by atoms with van der Waals surface area (Å²) in [6, 6.07) is 2.25. The van der Waals surface area contributed by atoms with Crippen LogP contribution in [-0.4, -0.2) is 18.7 Å². The van der Waals surface area contributed by atoms with Crippen LogP contribution in [0.15, 0.2) is 36.9 Å². The largest absolute Gasteiger partial charge is 0.277 e. The fourth-order valence-electron chi connectivity index (χ4n) is 3.40. The molecule has 0 aromatic carbocycles. The van der Waals surface area contributed by atoms with Crippen LogP contribution in [0, 0.1) is 5.41 Å². The molecule has 0 aliphatic heterocycles. The number of hydrogen-bond donors (Lipinski definition) is 1. The number of aromatic nitrogens is 4. The predicted molar refractivity (Wildman–Crippen MR) is 102 cm³/mol. The first-order valence-electron chi connectivity index (χ1n) is 8.32. The van der Waals surface area contributed by atoms with Gasteiger partial charge in [-0.2, -0.15) is 5.10 Å². The maximum Gasteiger partial charge on any atom is 0.150 e. The molecule has 0 unspecified atom stereocenters. The van der Waals surface area contributed by atoms with Crippen LogP contribution in [0.5, 0.6) is 0 Å². The van der Waals surface area contributed by atoms with Gasteiger partial charge >= 0.3 is 0 Å². The molecule has 3 heterocycles. The van der Waals surface area contributed by atoms with Crippen molar-refractivity contribution in [2.75, 3.05) is 0 Å². The Bertz CT molecular complexity index is 946. The summed E-state index contributed by atoms with van der Waals surface area (Å²) >= 11 is 4.52. The Hall–Kier alpha value is -2.01. The van der Waals surface area contributed by atoms with Gasteiger partial charge in [-0.25, -0.2) is 4.98 Å². The van der Waals surface area contributed by atoms with E-state index in [1.807, 2.05) is 36.5 Å². The maximum atomic E-state index is 4.66. The molecule has 0 radical (unpaired) electrons. The first-order valence-corrected chi connectivity index (χ1v) is 8.72. The Morgan fingerprint density at radius 3 is 2.67 bits per heavy atom. The second kappa shape index (κ2) is 5.52. The van der Waals surface area contributed by atoms with E-state index < -0.39 is 0 Å². The van der Waals surface area contributed by atoms with Gasteiger partial charge < -0.3 is 0 Å². The normalized spacial score (nSPS) is 17.2. The molecule has 0 N–H and O–H groups in total. The molecular weight excluding hydrogens is 316 g/mol. The maximum absolute atomic E-state index is 4.66. The Balaban J connectivity index is 1.82. The third-order valence-corrected chi connectivity index (χ3v) is 5.29. The Morgan fingerprint density at radius 1 is 1.17 bits per heavy atom. The van der Waals surface area contributed by atoms with Crippen molar-refractivity contribution in [3.8, 4) is 11.1 Å². The lowest BCUT2D eigenvalue weighted by Crippen LogP contribution is -2.14.